The standard InChI is InChI=1S/C21H23N5/c22-21(23)26-20-17(13-7-8-14-24-20)19(25-26)18(15-9-3-1-4-10-15)16-11-5-2-6-12-16/h1-6,9-12,18,24H,7-8,13-14H2,(H3,22,23). The van der Waals surface area contributed by atoms with Crippen LogP contribution in [0.5, 0.6) is 0 Å². The molecule has 5 heteroatoms. The third kappa shape index (κ3) is 2.96. The van der Waals surface area contributed by atoms with Crippen LogP contribution in [-0.2, 0) is 6.42 Å². The SMILES string of the molecule is N=C(N)n1nc(C(c2ccccc2)c2ccccc2)c2c1NCCCC2. The maximum Gasteiger partial charge on any atom is 0.215 e. The van der Waals surface area contributed by atoms with Crippen LogP contribution in [0, 0.1) is 5.41 Å². The number of anilines is 1. The van der Waals surface area contributed by atoms with E-state index in [2.05, 4.69) is 53.8 Å². The van der Waals surface area contributed by atoms with E-state index in [0.29, 0.717) is 0 Å². The lowest BCUT2D eigenvalue weighted by Crippen LogP contribution is -2.24. The van der Waals surface area contributed by atoms with Gasteiger partial charge in [-0.15, -0.1) is 0 Å². The second-order valence-corrected chi connectivity index (χ2v) is 6.65. The summed E-state index contributed by atoms with van der Waals surface area (Å²) in [5.74, 6) is 0.843. The molecule has 1 aliphatic rings. The first-order chi connectivity index (χ1) is 12.8. The van der Waals surface area contributed by atoms with Gasteiger partial charge in [0, 0.05) is 12.1 Å². The third-order valence-corrected chi connectivity index (χ3v) is 4.93. The van der Waals surface area contributed by atoms with E-state index in [-0.39, 0.29) is 11.9 Å². The van der Waals surface area contributed by atoms with Gasteiger partial charge in [0.25, 0.3) is 0 Å². The van der Waals surface area contributed by atoms with Crippen molar-refractivity contribution in [2.24, 2.45) is 5.73 Å². The topological polar surface area (TPSA) is 79.7 Å². The second kappa shape index (κ2) is 7.04. The van der Waals surface area contributed by atoms with Crippen molar-refractivity contribution < 1.29 is 0 Å². The molecule has 0 unspecified atom stereocenters. The molecule has 5 nitrogen and oxygen atoms in total. The van der Waals surface area contributed by atoms with E-state index in [9.17, 15) is 0 Å². The number of hydrogen-bond donors (Lipinski definition) is 3. The molecule has 2 aromatic carbocycles. The fraction of sp³-hybridized carbons (Fsp3) is 0.238. The van der Waals surface area contributed by atoms with Crippen LogP contribution in [0.15, 0.2) is 60.7 Å². The number of nitrogens with one attached hydrogen (secondary N) is 2. The molecule has 2 heterocycles. The number of aromatic nitrogens is 2. The Hall–Kier alpha value is -3.08. The van der Waals surface area contributed by atoms with E-state index in [1.54, 1.807) is 4.68 Å². The monoisotopic (exact) mass is 345 g/mol. The lowest BCUT2D eigenvalue weighted by molar-refractivity contribution is 0.759. The smallest absolute Gasteiger partial charge is 0.215 e. The molecule has 0 bridgehead atoms. The third-order valence-electron chi connectivity index (χ3n) is 4.93. The average molecular weight is 345 g/mol. The molecule has 1 aliphatic heterocycles. The molecule has 1 aromatic heterocycles. The van der Waals surface area contributed by atoms with E-state index in [1.165, 1.54) is 16.7 Å². The Morgan fingerprint density at radius 1 is 1.00 bits per heavy atom. The van der Waals surface area contributed by atoms with Crippen LogP contribution in [-0.4, -0.2) is 22.3 Å². The number of fused-ring (bicyclic) bond motifs is 1. The van der Waals surface area contributed by atoms with E-state index < -0.39 is 0 Å². The Kier molecular flexibility index (Phi) is 4.44. The van der Waals surface area contributed by atoms with Gasteiger partial charge in [0.1, 0.15) is 5.82 Å². The summed E-state index contributed by atoms with van der Waals surface area (Å²) in [6.45, 7) is 0.882. The van der Waals surface area contributed by atoms with Gasteiger partial charge >= 0.3 is 0 Å². The zero-order valence-electron chi connectivity index (χ0n) is 14.7. The summed E-state index contributed by atoms with van der Waals surface area (Å²) >= 11 is 0. The minimum absolute atomic E-state index is 0.0200. The van der Waals surface area contributed by atoms with Crippen LogP contribution >= 0.6 is 0 Å². The Morgan fingerprint density at radius 2 is 1.62 bits per heavy atom. The second-order valence-electron chi connectivity index (χ2n) is 6.65. The molecular weight excluding hydrogens is 322 g/mol. The fourth-order valence-electron chi connectivity index (χ4n) is 3.73. The van der Waals surface area contributed by atoms with Gasteiger partial charge in [0.15, 0.2) is 0 Å². The first-order valence-electron chi connectivity index (χ1n) is 9.05. The van der Waals surface area contributed by atoms with Gasteiger partial charge < -0.3 is 11.1 Å². The number of benzene rings is 2. The number of nitrogens with zero attached hydrogens (tertiary/aromatic N) is 2. The van der Waals surface area contributed by atoms with Gasteiger partial charge in [-0.25, -0.2) is 0 Å². The normalized spacial score (nSPS) is 13.7. The van der Waals surface area contributed by atoms with Crippen molar-refractivity contribution in [2.75, 3.05) is 11.9 Å². The summed E-state index contributed by atoms with van der Waals surface area (Å²) in [4.78, 5) is 0. The maximum absolute atomic E-state index is 7.95. The molecule has 4 rings (SSSR count). The lowest BCUT2D eigenvalue weighted by Gasteiger charge is -2.18. The van der Waals surface area contributed by atoms with E-state index >= 15 is 0 Å². The highest BCUT2D eigenvalue weighted by atomic mass is 15.4. The van der Waals surface area contributed by atoms with Crippen molar-refractivity contribution in [3.63, 3.8) is 0 Å². The highest BCUT2D eigenvalue weighted by Gasteiger charge is 2.28. The molecule has 0 aliphatic carbocycles. The summed E-state index contributed by atoms with van der Waals surface area (Å²) in [6.07, 6.45) is 3.15. The minimum atomic E-state index is -0.0539. The fourth-order valence-corrected chi connectivity index (χ4v) is 3.73. The Balaban J connectivity index is 1.93. The summed E-state index contributed by atoms with van der Waals surface area (Å²) in [7, 11) is 0. The van der Waals surface area contributed by atoms with E-state index in [0.717, 1.165) is 37.3 Å². The molecule has 26 heavy (non-hydrogen) atoms. The molecule has 3 aromatic rings. The van der Waals surface area contributed by atoms with Crippen molar-refractivity contribution in [1.82, 2.24) is 9.78 Å². The van der Waals surface area contributed by atoms with Crippen molar-refractivity contribution in [1.29, 1.82) is 5.41 Å². The van der Waals surface area contributed by atoms with Gasteiger partial charge in [-0.2, -0.15) is 9.78 Å². The van der Waals surface area contributed by atoms with Crippen LogP contribution < -0.4 is 11.1 Å². The molecule has 0 spiro atoms. The van der Waals surface area contributed by atoms with Crippen LogP contribution in [0.4, 0.5) is 5.82 Å². The van der Waals surface area contributed by atoms with Crippen molar-refractivity contribution in [3.8, 4) is 0 Å². The Labute approximate surface area is 153 Å². The number of rotatable bonds is 3. The van der Waals surface area contributed by atoms with Gasteiger partial charge in [-0.05, 0) is 30.4 Å². The molecule has 132 valence electrons. The zero-order chi connectivity index (χ0) is 17.9. The maximum atomic E-state index is 7.95. The quantitative estimate of drug-likeness (QED) is 0.502. The highest BCUT2D eigenvalue weighted by Crippen LogP contribution is 2.37. The minimum Gasteiger partial charge on any atom is -0.370 e. The summed E-state index contributed by atoms with van der Waals surface area (Å²) in [5, 5.41) is 16.2. The summed E-state index contributed by atoms with van der Waals surface area (Å²) in [6, 6.07) is 20.9. The first kappa shape index (κ1) is 16.4. The highest BCUT2D eigenvalue weighted by molar-refractivity contribution is 5.81. The van der Waals surface area contributed by atoms with Crippen LogP contribution in [0.3, 0.4) is 0 Å². The van der Waals surface area contributed by atoms with Crippen molar-refractivity contribution >= 4 is 11.8 Å². The summed E-state index contributed by atoms with van der Waals surface area (Å²) in [5.41, 5.74) is 10.4. The molecule has 0 radical (unpaired) electrons. The van der Waals surface area contributed by atoms with Gasteiger partial charge in [-0.1, -0.05) is 60.7 Å². The predicted molar refractivity (Wildman–Crippen MR) is 105 cm³/mol. The van der Waals surface area contributed by atoms with Crippen LogP contribution in [0.25, 0.3) is 0 Å². The molecule has 0 amide bonds. The Bertz CT molecular complexity index is 859. The van der Waals surface area contributed by atoms with Gasteiger partial charge in [-0.3, -0.25) is 5.41 Å². The molecule has 4 N–H and O–H groups in total. The molecule has 0 fully saturated rings. The van der Waals surface area contributed by atoms with Gasteiger partial charge in [0.05, 0.1) is 11.6 Å². The van der Waals surface area contributed by atoms with E-state index in [1.807, 2.05) is 12.1 Å². The predicted octanol–water partition coefficient (Wildman–Crippen LogP) is 3.55. The molecular formula is C21H23N5. The van der Waals surface area contributed by atoms with Crippen molar-refractivity contribution in [2.45, 2.75) is 25.2 Å². The summed E-state index contributed by atoms with van der Waals surface area (Å²) < 4.78 is 1.55. The van der Waals surface area contributed by atoms with Crippen molar-refractivity contribution in [3.05, 3.63) is 83.0 Å². The molecule has 0 atom stereocenters. The lowest BCUT2D eigenvalue weighted by atomic mass is 9.86. The molecule has 0 saturated heterocycles. The van der Waals surface area contributed by atoms with E-state index in [4.69, 9.17) is 16.2 Å². The Morgan fingerprint density at radius 3 is 2.19 bits per heavy atom. The largest absolute Gasteiger partial charge is 0.370 e. The van der Waals surface area contributed by atoms with Crippen LogP contribution in [0.1, 0.15) is 41.1 Å². The average Bonchev–Trinajstić information content (AvgIpc) is 2.86. The van der Waals surface area contributed by atoms with Crippen LogP contribution in [0.2, 0.25) is 0 Å². The first-order valence-corrected chi connectivity index (χ1v) is 9.05. The molecule has 0 saturated carbocycles. The number of nitrogens with two attached hydrogens (primary N) is 1. The van der Waals surface area contributed by atoms with Gasteiger partial charge in [0.2, 0.25) is 5.96 Å². The number of hydrogen-bond acceptors (Lipinski definition) is 3. The number of nitrogen functional groups attached to an aromatic ring is 1. The zero-order valence-corrected chi connectivity index (χ0v) is 14.7.